The first-order chi connectivity index (χ1) is 8.69. The summed E-state index contributed by atoms with van der Waals surface area (Å²) in [6.07, 6.45) is 6.54. The molecule has 1 rings (SSSR count). The van der Waals surface area contributed by atoms with E-state index in [-0.39, 0.29) is 17.6 Å². The lowest BCUT2D eigenvalue weighted by Gasteiger charge is -2.17. The van der Waals surface area contributed by atoms with Gasteiger partial charge < -0.3 is 0 Å². The van der Waals surface area contributed by atoms with E-state index >= 15 is 0 Å². The molecule has 2 atom stereocenters. The summed E-state index contributed by atoms with van der Waals surface area (Å²) in [5, 5.41) is 8.91. The van der Waals surface area contributed by atoms with Gasteiger partial charge in [0.25, 0.3) is 0 Å². The van der Waals surface area contributed by atoms with Crippen LogP contribution in [-0.4, -0.2) is 10.8 Å². The monoisotopic (exact) mass is 244 g/mol. The first kappa shape index (κ1) is 14.4. The Hall–Kier alpha value is -1.69. The fraction of sp³-hybridized carbons (Fsp3) is 0.533. The SMILES string of the molecule is CCCCC(=O)C(CC(C)C#N)c1ccncc1. The van der Waals surface area contributed by atoms with E-state index < -0.39 is 0 Å². The van der Waals surface area contributed by atoms with Gasteiger partial charge in [0.05, 0.1) is 6.07 Å². The molecule has 1 aromatic heterocycles. The molecule has 2 unspecified atom stereocenters. The van der Waals surface area contributed by atoms with Crippen molar-refractivity contribution >= 4 is 5.78 Å². The van der Waals surface area contributed by atoms with E-state index in [0.717, 1.165) is 18.4 Å². The summed E-state index contributed by atoms with van der Waals surface area (Å²) in [6.45, 7) is 3.94. The van der Waals surface area contributed by atoms with Crippen LogP contribution >= 0.6 is 0 Å². The first-order valence-electron chi connectivity index (χ1n) is 6.51. The van der Waals surface area contributed by atoms with Gasteiger partial charge in [0, 0.05) is 30.7 Å². The van der Waals surface area contributed by atoms with Crippen molar-refractivity contribution in [1.29, 1.82) is 5.26 Å². The number of nitrogens with zero attached hydrogens (tertiary/aromatic N) is 2. The number of hydrogen-bond acceptors (Lipinski definition) is 3. The zero-order valence-corrected chi connectivity index (χ0v) is 11.1. The summed E-state index contributed by atoms with van der Waals surface area (Å²) in [4.78, 5) is 16.2. The average molecular weight is 244 g/mol. The molecule has 0 N–H and O–H groups in total. The van der Waals surface area contributed by atoms with Crippen molar-refractivity contribution in [2.24, 2.45) is 5.92 Å². The van der Waals surface area contributed by atoms with Gasteiger partial charge in [-0.1, -0.05) is 13.3 Å². The van der Waals surface area contributed by atoms with Crippen LogP contribution in [0.1, 0.15) is 51.0 Å². The number of rotatable bonds is 7. The number of carbonyl (C=O) groups is 1. The Bertz CT molecular complexity index is 408. The van der Waals surface area contributed by atoms with Crippen molar-refractivity contribution < 1.29 is 4.79 Å². The Kier molecular flexibility index (Phi) is 6.07. The van der Waals surface area contributed by atoms with Crippen LogP contribution < -0.4 is 0 Å². The molecule has 0 saturated carbocycles. The van der Waals surface area contributed by atoms with Gasteiger partial charge in [-0.3, -0.25) is 9.78 Å². The van der Waals surface area contributed by atoms with Gasteiger partial charge >= 0.3 is 0 Å². The molecular weight excluding hydrogens is 224 g/mol. The minimum Gasteiger partial charge on any atom is -0.299 e. The number of Topliss-reactive ketones (excluding diaryl/α,β-unsaturated/α-hetero) is 1. The van der Waals surface area contributed by atoms with Crippen molar-refractivity contribution in [2.45, 2.75) is 45.4 Å². The molecule has 0 saturated heterocycles. The van der Waals surface area contributed by atoms with Gasteiger partial charge in [0.2, 0.25) is 0 Å². The molecule has 1 aromatic rings. The lowest BCUT2D eigenvalue weighted by molar-refractivity contribution is -0.120. The predicted octanol–water partition coefficient (Wildman–Crippen LogP) is 3.47. The standard InChI is InChI=1S/C15H20N2O/c1-3-4-5-15(18)14(10-12(2)11-16)13-6-8-17-9-7-13/h6-9,12,14H,3-5,10H2,1-2H3. The highest BCUT2D eigenvalue weighted by atomic mass is 16.1. The van der Waals surface area contributed by atoms with Crippen LogP contribution in [0.5, 0.6) is 0 Å². The van der Waals surface area contributed by atoms with Crippen LogP contribution in [0.15, 0.2) is 24.5 Å². The van der Waals surface area contributed by atoms with Crippen molar-refractivity contribution in [3.8, 4) is 6.07 Å². The van der Waals surface area contributed by atoms with E-state index in [1.54, 1.807) is 12.4 Å². The highest BCUT2D eigenvalue weighted by molar-refractivity contribution is 5.85. The summed E-state index contributed by atoms with van der Waals surface area (Å²) < 4.78 is 0. The number of nitriles is 1. The van der Waals surface area contributed by atoms with Crippen molar-refractivity contribution in [3.63, 3.8) is 0 Å². The smallest absolute Gasteiger partial charge is 0.140 e. The van der Waals surface area contributed by atoms with E-state index in [1.165, 1.54) is 0 Å². The number of hydrogen-bond donors (Lipinski definition) is 0. The number of ketones is 1. The predicted molar refractivity (Wildman–Crippen MR) is 70.9 cm³/mol. The summed E-state index contributed by atoms with van der Waals surface area (Å²) in [5.41, 5.74) is 0.980. The van der Waals surface area contributed by atoms with Crippen LogP contribution in [0.2, 0.25) is 0 Å². The largest absolute Gasteiger partial charge is 0.299 e. The molecule has 0 aliphatic heterocycles. The summed E-state index contributed by atoms with van der Waals surface area (Å²) >= 11 is 0. The fourth-order valence-corrected chi connectivity index (χ4v) is 1.98. The van der Waals surface area contributed by atoms with Gasteiger partial charge in [-0.25, -0.2) is 0 Å². The molecule has 3 nitrogen and oxygen atoms in total. The molecule has 0 aliphatic carbocycles. The summed E-state index contributed by atoms with van der Waals surface area (Å²) in [6, 6.07) is 5.96. The number of pyridine rings is 1. The van der Waals surface area contributed by atoms with E-state index in [2.05, 4.69) is 18.0 Å². The second kappa shape index (κ2) is 7.60. The lowest BCUT2D eigenvalue weighted by atomic mass is 9.85. The Morgan fingerprint density at radius 2 is 2.11 bits per heavy atom. The molecule has 0 bridgehead atoms. The first-order valence-corrected chi connectivity index (χ1v) is 6.51. The molecule has 18 heavy (non-hydrogen) atoms. The molecular formula is C15H20N2O. The molecule has 0 fully saturated rings. The lowest BCUT2D eigenvalue weighted by Crippen LogP contribution is -2.15. The Balaban J connectivity index is 2.82. The highest BCUT2D eigenvalue weighted by Gasteiger charge is 2.22. The zero-order valence-electron chi connectivity index (χ0n) is 11.1. The van der Waals surface area contributed by atoms with E-state index in [1.807, 2.05) is 19.1 Å². The van der Waals surface area contributed by atoms with Gasteiger partial charge in [-0.15, -0.1) is 0 Å². The van der Waals surface area contributed by atoms with Gasteiger partial charge in [-0.05, 0) is 37.5 Å². The van der Waals surface area contributed by atoms with E-state index in [0.29, 0.717) is 12.8 Å². The van der Waals surface area contributed by atoms with Crippen molar-refractivity contribution in [1.82, 2.24) is 4.98 Å². The minimum atomic E-state index is -0.158. The van der Waals surface area contributed by atoms with Crippen LogP contribution in [0.25, 0.3) is 0 Å². The van der Waals surface area contributed by atoms with Crippen LogP contribution in [0.3, 0.4) is 0 Å². The number of aromatic nitrogens is 1. The van der Waals surface area contributed by atoms with E-state index in [4.69, 9.17) is 5.26 Å². The highest BCUT2D eigenvalue weighted by Crippen LogP contribution is 2.26. The van der Waals surface area contributed by atoms with Gasteiger partial charge in [-0.2, -0.15) is 5.26 Å². The maximum absolute atomic E-state index is 12.2. The molecule has 1 heterocycles. The number of unbranched alkanes of at least 4 members (excludes halogenated alkanes) is 1. The fourth-order valence-electron chi connectivity index (χ4n) is 1.98. The second-order valence-corrected chi connectivity index (χ2v) is 4.67. The van der Waals surface area contributed by atoms with Crippen molar-refractivity contribution in [3.05, 3.63) is 30.1 Å². The number of carbonyl (C=O) groups excluding carboxylic acids is 1. The van der Waals surface area contributed by atoms with Crippen molar-refractivity contribution in [2.75, 3.05) is 0 Å². The van der Waals surface area contributed by atoms with Crippen LogP contribution in [0.4, 0.5) is 0 Å². The third-order valence-corrected chi connectivity index (χ3v) is 3.08. The summed E-state index contributed by atoms with van der Waals surface area (Å²) in [5.74, 6) is -0.0203. The van der Waals surface area contributed by atoms with Gasteiger partial charge in [0.15, 0.2) is 0 Å². The maximum atomic E-state index is 12.2. The molecule has 0 spiro atoms. The zero-order chi connectivity index (χ0) is 13.4. The molecule has 3 heteroatoms. The topological polar surface area (TPSA) is 53.8 Å². The summed E-state index contributed by atoms with van der Waals surface area (Å²) in [7, 11) is 0. The normalized spacial score (nSPS) is 13.6. The average Bonchev–Trinajstić information content (AvgIpc) is 2.42. The van der Waals surface area contributed by atoms with E-state index in [9.17, 15) is 4.79 Å². The third kappa shape index (κ3) is 4.29. The Morgan fingerprint density at radius 1 is 1.44 bits per heavy atom. The molecule has 96 valence electrons. The minimum absolute atomic E-state index is 0.103. The molecule has 0 amide bonds. The maximum Gasteiger partial charge on any atom is 0.140 e. The van der Waals surface area contributed by atoms with Crippen LogP contribution in [0, 0.1) is 17.2 Å². The van der Waals surface area contributed by atoms with Gasteiger partial charge in [0.1, 0.15) is 5.78 Å². The third-order valence-electron chi connectivity index (χ3n) is 3.08. The Labute approximate surface area is 109 Å². The molecule has 0 radical (unpaired) electrons. The second-order valence-electron chi connectivity index (χ2n) is 4.67. The molecule has 0 aromatic carbocycles. The quantitative estimate of drug-likeness (QED) is 0.738. The molecule has 0 aliphatic rings. The van der Waals surface area contributed by atoms with Crippen LogP contribution in [-0.2, 0) is 4.79 Å². The Morgan fingerprint density at radius 3 is 2.67 bits per heavy atom.